The summed E-state index contributed by atoms with van der Waals surface area (Å²) < 4.78 is 8.61. The fourth-order valence-corrected chi connectivity index (χ4v) is 3.15. The van der Waals surface area contributed by atoms with Crippen molar-refractivity contribution in [2.45, 2.75) is 26.4 Å². The van der Waals surface area contributed by atoms with Gasteiger partial charge in [0.25, 0.3) is 5.56 Å². The number of nitrogens with zero attached hydrogens (tertiary/aromatic N) is 2. The van der Waals surface area contributed by atoms with E-state index in [0.29, 0.717) is 12.2 Å². The van der Waals surface area contributed by atoms with Crippen molar-refractivity contribution in [1.29, 1.82) is 0 Å². The number of aromatic nitrogens is 2. The highest BCUT2D eigenvalue weighted by molar-refractivity contribution is 5.94. The SMILES string of the molecule is COc1ccccc1CN[C@H](C)C(=O)Nc1c(C)n(C)n(-c2ccccc2)c1=O. The van der Waals surface area contributed by atoms with Gasteiger partial charge < -0.3 is 15.4 Å². The van der Waals surface area contributed by atoms with Crippen LogP contribution in [0.5, 0.6) is 5.75 Å². The van der Waals surface area contributed by atoms with Gasteiger partial charge in [-0.2, -0.15) is 0 Å². The fourth-order valence-electron chi connectivity index (χ4n) is 3.15. The van der Waals surface area contributed by atoms with E-state index >= 15 is 0 Å². The van der Waals surface area contributed by atoms with E-state index in [1.165, 1.54) is 4.68 Å². The minimum absolute atomic E-state index is 0.263. The van der Waals surface area contributed by atoms with Gasteiger partial charge in [-0.1, -0.05) is 36.4 Å². The van der Waals surface area contributed by atoms with Gasteiger partial charge in [-0.25, -0.2) is 4.68 Å². The number of methoxy groups -OCH3 is 1. The molecule has 0 bridgehead atoms. The van der Waals surface area contributed by atoms with E-state index < -0.39 is 6.04 Å². The number of amides is 1. The summed E-state index contributed by atoms with van der Waals surface area (Å²) in [5.41, 5.74) is 2.40. The van der Waals surface area contributed by atoms with Crippen LogP contribution in [0.25, 0.3) is 5.69 Å². The zero-order valence-electron chi connectivity index (χ0n) is 17.1. The van der Waals surface area contributed by atoms with Crippen molar-refractivity contribution in [2.24, 2.45) is 7.05 Å². The van der Waals surface area contributed by atoms with Gasteiger partial charge in [0.2, 0.25) is 5.91 Å². The minimum Gasteiger partial charge on any atom is -0.496 e. The van der Waals surface area contributed by atoms with Crippen LogP contribution < -0.4 is 20.9 Å². The third-order valence-electron chi connectivity index (χ3n) is 4.99. The van der Waals surface area contributed by atoms with Crippen LogP contribution in [-0.4, -0.2) is 28.4 Å². The zero-order chi connectivity index (χ0) is 21.0. The Kier molecular flexibility index (Phi) is 6.19. The Morgan fingerprint density at radius 3 is 2.45 bits per heavy atom. The zero-order valence-corrected chi connectivity index (χ0v) is 17.1. The number of benzene rings is 2. The molecule has 0 fully saturated rings. The first-order valence-corrected chi connectivity index (χ1v) is 9.44. The second-order valence-corrected chi connectivity index (χ2v) is 6.84. The summed E-state index contributed by atoms with van der Waals surface area (Å²) in [5.74, 6) is 0.489. The van der Waals surface area contributed by atoms with Crippen LogP contribution in [0, 0.1) is 6.92 Å². The molecule has 1 atom stereocenters. The maximum atomic E-state index is 12.9. The molecule has 0 saturated carbocycles. The lowest BCUT2D eigenvalue weighted by molar-refractivity contribution is -0.117. The molecular weight excluding hydrogens is 368 g/mol. The Labute approximate surface area is 169 Å². The lowest BCUT2D eigenvalue weighted by Gasteiger charge is -2.15. The number of carbonyl (C=O) groups is 1. The lowest BCUT2D eigenvalue weighted by atomic mass is 10.2. The third-order valence-corrected chi connectivity index (χ3v) is 4.99. The van der Waals surface area contributed by atoms with Crippen LogP contribution >= 0.6 is 0 Å². The Balaban J connectivity index is 1.74. The van der Waals surface area contributed by atoms with Crippen molar-refractivity contribution < 1.29 is 9.53 Å². The average molecular weight is 394 g/mol. The maximum Gasteiger partial charge on any atom is 0.295 e. The summed E-state index contributed by atoms with van der Waals surface area (Å²) in [7, 11) is 3.41. The number of ether oxygens (including phenoxy) is 1. The molecule has 2 aromatic carbocycles. The first-order chi connectivity index (χ1) is 13.9. The summed E-state index contributed by atoms with van der Waals surface area (Å²) in [6, 6.07) is 16.5. The van der Waals surface area contributed by atoms with Gasteiger partial charge in [0.05, 0.1) is 24.5 Å². The molecule has 1 amide bonds. The van der Waals surface area contributed by atoms with Crippen molar-refractivity contribution in [1.82, 2.24) is 14.7 Å². The van der Waals surface area contributed by atoms with E-state index in [2.05, 4.69) is 10.6 Å². The molecule has 0 aliphatic carbocycles. The van der Waals surface area contributed by atoms with Crippen LogP contribution in [0.3, 0.4) is 0 Å². The molecule has 0 unspecified atom stereocenters. The van der Waals surface area contributed by atoms with Crippen molar-refractivity contribution >= 4 is 11.6 Å². The highest BCUT2D eigenvalue weighted by Gasteiger charge is 2.21. The molecule has 0 saturated heterocycles. The molecule has 7 nitrogen and oxygen atoms in total. The van der Waals surface area contributed by atoms with Gasteiger partial charge in [0.15, 0.2) is 0 Å². The summed E-state index contributed by atoms with van der Waals surface area (Å²) >= 11 is 0. The molecule has 29 heavy (non-hydrogen) atoms. The monoisotopic (exact) mass is 394 g/mol. The smallest absolute Gasteiger partial charge is 0.295 e. The van der Waals surface area contributed by atoms with Crippen molar-refractivity contribution in [3.8, 4) is 11.4 Å². The topological polar surface area (TPSA) is 77.3 Å². The molecule has 0 aliphatic heterocycles. The normalized spacial score (nSPS) is 11.9. The average Bonchev–Trinajstić information content (AvgIpc) is 2.95. The quantitative estimate of drug-likeness (QED) is 0.646. The standard InChI is InChI=1S/C22H26N4O3/c1-15(23-14-17-10-8-9-13-19(17)29-4)21(27)24-20-16(2)25(3)26(22(20)28)18-11-6-5-7-12-18/h5-13,15,23H,14H2,1-4H3,(H,24,27)/t15-/m1/s1. The molecule has 2 N–H and O–H groups in total. The number of nitrogens with one attached hydrogen (secondary N) is 2. The van der Waals surface area contributed by atoms with E-state index in [4.69, 9.17) is 4.74 Å². The van der Waals surface area contributed by atoms with E-state index in [1.807, 2.05) is 61.5 Å². The number of carbonyl (C=O) groups excluding carboxylic acids is 1. The van der Waals surface area contributed by atoms with Crippen LogP contribution in [0.2, 0.25) is 0 Å². The molecule has 1 heterocycles. The van der Waals surface area contributed by atoms with Gasteiger partial charge in [0, 0.05) is 19.2 Å². The molecule has 3 rings (SSSR count). The van der Waals surface area contributed by atoms with Gasteiger partial charge in [-0.05, 0) is 32.0 Å². The Morgan fingerprint density at radius 1 is 1.10 bits per heavy atom. The van der Waals surface area contributed by atoms with Gasteiger partial charge >= 0.3 is 0 Å². The minimum atomic E-state index is -0.496. The Morgan fingerprint density at radius 2 is 1.76 bits per heavy atom. The predicted molar refractivity (Wildman–Crippen MR) is 114 cm³/mol. The molecular formula is C22H26N4O3. The Hall–Kier alpha value is -3.32. The molecule has 0 aliphatic rings. The van der Waals surface area contributed by atoms with E-state index in [0.717, 1.165) is 17.0 Å². The summed E-state index contributed by atoms with van der Waals surface area (Å²) in [4.78, 5) is 25.6. The van der Waals surface area contributed by atoms with Crippen LogP contribution in [0.1, 0.15) is 18.2 Å². The second kappa shape index (κ2) is 8.79. The van der Waals surface area contributed by atoms with Crippen LogP contribution in [0.4, 0.5) is 5.69 Å². The summed E-state index contributed by atoms with van der Waals surface area (Å²) in [5, 5.41) is 5.97. The van der Waals surface area contributed by atoms with Gasteiger partial charge in [0.1, 0.15) is 11.4 Å². The largest absolute Gasteiger partial charge is 0.496 e. The molecule has 3 aromatic rings. The highest BCUT2D eigenvalue weighted by Crippen LogP contribution is 2.17. The third kappa shape index (κ3) is 4.25. The second-order valence-electron chi connectivity index (χ2n) is 6.84. The number of rotatable bonds is 7. The molecule has 0 spiro atoms. The van der Waals surface area contributed by atoms with Crippen LogP contribution in [-0.2, 0) is 18.4 Å². The lowest BCUT2D eigenvalue weighted by Crippen LogP contribution is -2.38. The Bertz CT molecular complexity index is 1050. The fraction of sp³-hybridized carbons (Fsp3) is 0.273. The summed E-state index contributed by atoms with van der Waals surface area (Å²) in [6.07, 6.45) is 0. The van der Waals surface area contributed by atoms with E-state index in [1.54, 1.807) is 25.8 Å². The van der Waals surface area contributed by atoms with Crippen LogP contribution in [0.15, 0.2) is 59.4 Å². The number of anilines is 1. The van der Waals surface area contributed by atoms with Crippen molar-refractivity contribution in [2.75, 3.05) is 12.4 Å². The van der Waals surface area contributed by atoms with E-state index in [-0.39, 0.29) is 17.2 Å². The predicted octanol–water partition coefficient (Wildman–Crippen LogP) is 2.61. The van der Waals surface area contributed by atoms with Gasteiger partial charge in [-0.15, -0.1) is 0 Å². The van der Waals surface area contributed by atoms with Crippen molar-refractivity contribution in [3.05, 3.63) is 76.2 Å². The number of para-hydroxylation sites is 2. The molecule has 0 radical (unpaired) electrons. The first kappa shape index (κ1) is 20.4. The van der Waals surface area contributed by atoms with Crippen molar-refractivity contribution in [3.63, 3.8) is 0 Å². The highest BCUT2D eigenvalue weighted by atomic mass is 16.5. The van der Waals surface area contributed by atoms with Gasteiger partial charge in [-0.3, -0.25) is 14.3 Å². The molecule has 152 valence electrons. The van der Waals surface area contributed by atoms with E-state index in [9.17, 15) is 9.59 Å². The molecule has 1 aromatic heterocycles. The number of hydrogen-bond donors (Lipinski definition) is 2. The number of hydrogen-bond acceptors (Lipinski definition) is 4. The first-order valence-electron chi connectivity index (χ1n) is 9.44. The molecule has 7 heteroatoms. The maximum absolute atomic E-state index is 12.9. The summed E-state index contributed by atoms with van der Waals surface area (Å²) in [6.45, 7) is 4.04.